The number of carbonyl (C=O) groups excluding carboxylic acids is 1. The van der Waals surface area contributed by atoms with Crippen molar-refractivity contribution >= 4 is 39.2 Å². The number of nitrogens with one attached hydrogen (secondary N) is 3. The number of hydrazine groups is 1. The number of thiophene rings is 1. The topological polar surface area (TPSA) is 105 Å². The van der Waals surface area contributed by atoms with Gasteiger partial charge < -0.3 is 10.6 Å². The van der Waals surface area contributed by atoms with Crippen LogP contribution in [0.25, 0.3) is 10.2 Å². The van der Waals surface area contributed by atoms with E-state index in [1.54, 1.807) is 11.3 Å². The maximum atomic E-state index is 11.2. The molecule has 0 radical (unpaired) electrons. The summed E-state index contributed by atoms with van der Waals surface area (Å²) < 4.78 is 0. The summed E-state index contributed by atoms with van der Waals surface area (Å²) in [5.41, 5.74) is 2.48. The monoisotopic (exact) mass is 292 g/mol. The molecule has 0 spiro atoms. The van der Waals surface area contributed by atoms with Crippen molar-refractivity contribution in [3.05, 3.63) is 10.9 Å². The van der Waals surface area contributed by atoms with E-state index < -0.39 is 0 Å². The Morgan fingerprint density at radius 1 is 1.55 bits per heavy atom. The fourth-order valence-corrected chi connectivity index (χ4v) is 3.17. The maximum Gasteiger partial charge on any atom is 0.240 e. The second-order valence-electron chi connectivity index (χ2n) is 4.80. The summed E-state index contributed by atoms with van der Waals surface area (Å²) in [6.07, 6.45) is 1.45. The number of anilines is 2. The van der Waals surface area contributed by atoms with Crippen LogP contribution in [0.4, 0.5) is 11.8 Å². The van der Waals surface area contributed by atoms with Crippen LogP contribution in [0, 0.1) is 6.92 Å². The van der Waals surface area contributed by atoms with Gasteiger partial charge >= 0.3 is 0 Å². The number of fused-ring (bicyclic) bond motifs is 1. The zero-order chi connectivity index (χ0) is 14.1. The first-order valence-electron chi connectivity index (χ1n) is 6.44. The van der Waals surface area contributed by atoms with Crippen LogP contribution in [0.15, 0.2) is 6.07 Å². The molecule has 0 saturated carbocycles. The van der Waals surface area contributed by atoms with E-state index in [1.807, 2.05) is 6.92 Å². The summed E-state index contributed by atoms with van der Waals surface area (Å²) in [5, 5.41) is 7.19. The third-order valence-corrected chi connectivity index (χ3v) is 4.19. The van der Waals surface area contributed by atoms with Gasteiger partial charge in [0.2, 0.25) is 11.9 Å². The largest absolute Gasteiger partial charge is 0.367 e. The number of rotatable bonds is 4. The molecular formula is C12H16N6OS. The Labute approximate surface area is 119 Å². The molecule has 3 rings (SSSR count). The molecule has 2 aromatic heterocycles. The highest BCUT2D eigenvalue weighted by Crippen LogP contribution is 2.29. The van der Waals surface area contributed by atoms with E-state index in [0.717, 1.165) is 22.5 Å². The van der Waals surface area contributed by atoms with E-state index in [0.29, 0.717) is 18.9 Å². The lowest BCUT2D eigenvalue weighted by atomic mass is 10.2. The van der Waals surface area contributed by atoms with Crippen LogP contribution in [-0.2, 0) is 4.79 Å². The molecule has 106 valence electrons. The van der Waals surface area contributed by atoms with Gasteiger partial charge in [-0.2, -0.15) is 4.98 Å². The van der Waals surface area contributed by atoms with Crippen molar-refractivity contribution in [1.29, 1.82) is 0 Å². The van der Waals surface area contributed by atoms with Crippen molar-refractivity contribution < 1.29 is 4.79 Å². The Morgan fingerprint density at radius 2 is 2.40 bits per heavy atom. The number of nitrogen functional groups attached to an aromatic ring is 1. The molecule has 0 aliphatic carbocycles. The SMILES string of the molecule is Cc1cc2c(NCC3CCC(=O)N3)nc(NN)nc2s1. The second kappa shape index (κ2) is 5.22. The van der Waals surface area contributed by atoms with Gasteiger partial charge in [-0.05, 0) is 19.4 Å². The van der Waals surface area contributed by atoms with Crippen LogP contribution in [0.3, 0.4) is 0 Å². The summed E-state index contributed by atoms with van der Waals surface area (Å²) >= 11 is 1.60. The summed E-state index contributed by atoms with van der Waals surface area (Å²) in [6, 6.07) is 2.21. The average Bonchev–Trinajstić information content (AvgIpc) is 3.00. The minimum Gasteiger partial charge on any atom is -0.367 e. The van der Waals surface area contributed by atoms with Gasteiger partial charge in [-0.1, -0.05) is 0 Å². The molecular weight excluding hydrogens is 276 g/mol. The van der Waals surface area contributed by atoms with Crippen molar-refractivity contribution in [2.75, 3.05) is 17.3 Å². The number of hydrogen-bond donors (Lipinski definition) is 4. The Bertz CT molecular complexity index is 655. The zero-order valence-corrected chi connectivity index (χ0v) is 11.9. The van der Waals surface area contributed by atoms with E-state index in [1.165, 1.54) is 4.88 Å². The Morgan fingerprint density at radius 3 is 3.10 bits per heavy atom. The fraction of sp³-hybridized carbons (Fsp3) is 0.417. The van der Waals surface area contributed by atoms with Gasteiger partial charge in [-0.3, -0.25) is 10.2 Å². The number of amides is 1. The molecule has 1 unspecified atom stereocenters. The molecule has 3 heterocycles. The van der Waals surface area contributed by atoms with Gasteiger partial charge in [0.25, 0.3) is 0 Å². The number of hydrogen-bond acceptors (Lipinski definition) is 7. The van der Waals surface area contributed by atoms with E-state index in [9.17, 15) is 4.79 Å². The summed E-state index contributed by atoms with van der Waals surface area (Å²) in [5.74, 6) is 6.64. The minimum absolute atomic E-state index is 0.111. The quantitative estimate of drug-likeness (QED) is 0.494. The first-order chi connectivity index (χ1) is 9.65. The highest BCUT2D eigenvalue weighted by molar-refractivity contribution is 7.18. The summed E-state index contributed by atoms with van der Waals surface area (Å²) in [7, 11) is 0. The van der Waals surface area contributed by atoms with Crippen molar-refractivity contribution in [2.24, 2.45) is 5.84 Å². The maximum absolute atomic E-state index is 11.2. The predicted octanol–water partition coefficient (Wildman–Crippen LogP) is 0.976. The van der Waals surface area contributed by atoms with Gasteiger partial charge in [-0.25, -0.2) is 10.8 Å². The highest BCUT2D eigenvalue weighted by Gasteiger charge is 2.21. The van der Waals surface area contributed by atoms with Crippen LogP contribution in [0.1, 0.15) is 17.7 Å². The summed E-state index contributed by atoms with van der Waals surface area (Å²) in [4.78, 5) is 21.9. The van der Waals surface area contributed by atoms with Crippen LogP contribution in [0.5, 0.6) is 0 Å². The first kappa shape index (κ1) is 13.1. The van der Waals surface area contributed by atoms with Crippen LogP contribution in [0.2, 0.25) is 0 Å². The molecule has 1 fully saturated rings. The molecule has 1 aliphatic rings. The average molecular weight is 292 g/mol. The molecule has 0 aromatic carbocycles. The molecule has 1 saturated heterocycles. The number of carbonyl (C=O) groups is 1. The third-order valence-electron chi connectivity index (χ3n) is 3.25. The van der Waals surface area contributed by atoms with E-state index >= 15 is 0 Å². The lowest BCUT2D eigenvalue weighted by molar-refractivity contribution is -0.119. The van der Waals surface area contributed by atoms with Gasteiger partial charge in [0.15, 0.2) is 0 Å². The van der Waals surface area contributed by atoms with Gasteiger partial charge in [0, 0.05) is 23.9 Å². The van der Waals surface area contributed by atoms with E-state index in [4.69, 9.17) is 5.84 Å². The van der Waals surface area contributed by atoms with Crippen molar-refractivity contribution in [3.63, 3.8) is 0 Å². The number of aryl methyl sites for hydroxylation is 1. The highest BCUT2D eigenvalue weighted by atomic mass is 32.1. The number of aromatic nitrogens is 2. The molecule has 1 amide bonds. The molecule has 0 bridgehead atoms. The normalized spacial score (nSPS) is 18.3. The predicted molar refractivity (Wildman–Crippen MR) is 79.6 cm³/mol. The second-order valence-corrected chi connectivity index (χ2v) is 6.03. The van der Waals surface area contributed by atoms with Gasteiger partial charge in [0.1, 0.15) is 10.6 Å². The first-order valence-corrected chi connectivity index (χ1v) is 7.25. The van der Waals surface area contributed by atoms with E-state index in [-0.39, 0.29) is 11.9 Å². The molecule has 1 atom stereocenters. The lowest BCUT2D eigenvalue weighted by Gasteiger charge is -2.13. The Balaban J connectivity index is 1.83. The third kappa shape index (κ3) is 2.52. The molecule has 1 aliphatic heterocycles. The molecule has 8 heteroatoms. The standard InChI is InChI=1S/C12H16N6OS/c1-6-4-8-10(14-5-7-2-3-9(19)15-7)16-12(18-13)17-11(8)20-6/h4,7H,2-3,5,13H2,1H3,(H,15,19)(H2,14,16,17,18). The molecule has 20 heavy (non-hydrogen) atoms. The fourth-order valence-electron chi connectivity index (χ4n) is 2.29. The van der Waals surface area contributed by atoms with Crippen molar-refractivity contribution in [3.8, 4) is 0 Å². The smallest absolute Gasteiger partial charge is 0.240 e. The van der Waals surface area contributed by atoms with Crippen LogP contribution >= 0.6 is 11.3 Å². The van der Waals surface area contributed by atoms with Crippen LogP contribution in [-0.4, -0.2) is 28.5 Å². The van der Waals surface area contributed by atoms with Crippen molar-refractivity contribution in [2.45, 2.75) is 25.8 Å². The van der Waals surface area contributed by atoms with Crippen LogP contribution < -0.4 is 21.9 Å². The summed E-state index contributed by atoms with van der Waals surface area (Å²) in [6.45, 7) is 2.68. The lowest BCUT2D eigenvalue weighted by Crippen LogP contribution is -2.32. The Hall–Kier alpha value is -1.93. The Kier molecular flexibility index (Phi) is 3.41. The molecule has 7 nitrogen and oxygen atoms in total. The zero-order valence-electron chi connectivity index (χ0n) is 11.1. The molecule has 5 N–H and O–H groups in total. The van der Waals surface area contributed by atoms with Gasteiger partial charge in [0.05, 0.1) is 5.39 Å². The van der Waals surface area contributed by atoms with E-state index in [2.05, 4.69) is 32.1 Å². The number of nitrogens with two attached hydrogens (primary N) is 1. The number of nitrogens with zero attached hydrogens (tertiary/aromatic N) is 2. The van der Waals surface area contributed by atoms with Crippen molar-refractivity contribution in [1.82, 2.24) is 15.3 Å². The minimum atomic E-state index is 0.111. The molecule has 2 aromatic rings. The van der Waals surface area contributed by atoms with Gasteiger partial charge in [-0.15, -0.1) is 11.3 Å².